The molecule has 35 heavy (non-hydrogen) atoms. The lowest BCUT2D eigenvalue weighted by Gasteiger charge is -2.31. The molecule has 1 aromatic carbocycles. The summed E-state index contributed by atoms with van der Waals surface area (Å²) in [6.45, 7) is 5.82. The van der Waals surface area contributed by atoms with E-state index in [-0.39, 0.29) is 40.7 Å². The van der Waals surface area contributed by atoms with E-state index in [4.69, 9.17) is 27.9 Å². The van der Waals surface area contributed by atoms with Crippen LogP contribution in [0, 0.1) is 0 Å². The summed E-state index contributed by atoms with van der Waals surface area (Å²) >= 11 is 12.3. The Bertz CT molecular complexity index is 1090. The largest absolute Gasteiger partial charge is 0.506 e. The highest BCUT2D eigenvalue weighted by Gasteiger charge is 2.26. The zero-order valence-electron chi connectivity index (χ0n) is 19.8. The molecule has 3 amide bonds. The maximum Gasteiger partial charge on any atom is 0.408 e. The van der Waals surface area contributed by atoms with Gasteiger partial charge in [0.15, 0.2) is 0 Å². The quantitative estimate of drug-likeness (QED) is 0.455. The molecule has 2 heterocycles. The molecule has 2 aromatic rings. The Labute approximate surface area is 213 Å². The Morgan fingerprint density at radius 1 is 1.14 bits per heavy atom. The number of phenols is 1. The van der Waals surface area contributed by atoms with Crippen molar-refractivity contribution in [1.82, 2.24) is 25.7 Å². The van der Waals surface area contributed by atoms with Gasteiger partial charge in [0.1, 0.15) is 22.9 Å². The SMILES string of the molecule is CC(C)(C)OC(=O)NCC(=O)NCC(=O)N1CCC(c2cc(-c3ccc(O)c(Cl)c3Cl)n[nH]2)CC1. The fourth-order valence-corrected chi connectivity index (χ4v) is 4.10. The predicted octanol–water partition coefficient (Wildman–Crippen LogP) is 3.44. The molecule has 190 valence electrons. The maximum absolute atomic E-state index is 12.5. The molecule has 0 spiro atoms. The van der Waals surface area contributed by atoms with Crippen molar-refractivity contribution >= 4 is 41.1 Å². The Balaban J connectivity index is 1.45. The molecule has 1 aliphatic rings. The van der Waals surface area contributed by atoms with E-state index in [1.165, 1.54) is 6.07 Å². The van der Waals surface area contributed by atoms with Crippen LogP contribution in [-0.4, -0.2) is 69.9 Å². The predicted molar refractivity (Wildman–Crippen MR) is 132 cm³/mol. The van der Waals surface area contributed by atoms with Crippen molar-refractivity contribution < 1.29 is 24.2 Å². The first-order chi connectivity index (χ1) is 16.4. The summed E-state index contributed by atoms with van der Waals surface area (Å²) in [5.41, 5.74) is 1.50. The molecule has 1 aromatic heterocycles. The fourth-order valence-electron chi connectivity index (χ4n) is 3.68. The molecule has 12 heteroatoms. The van der Waals surface area contributed by atoms with Gasteiger partial charge in [-0.25, -0.2) is 4.79 Å². The van der Waals surface area contributed by atoms with Crippen LogP contribution in [0.15, 0.2) is 18.2 Å². The number of alkyl carbamates (subject to hydrolysis) is 1. The number of nitrogens with one attached hydrogen (secondary N) is 3. The van der Waals surface area contributed by atoms with Gasteiger partial charge in [-0.1, -0.05) is 23.2 Å². The number of halogens is 2. The standard InChI is InChI=1S/C23H29Cl2N5O5/c1-23(2,3)35-22(34)27-11-18(32)26-12-19(33)30-8-6-13(7-9-30)15-10-16(29-28-15)14-4-5-17(31)21(25)20(14)24/h4-5,10,13,31H,6-9,11-12H2,1-3H3,(H,26,32)(H,27,34)(H,28,29). The molecule has 0 radical (unpaired) electrons. The molecule has 0 bridgehead atoms. The van der Waals surface area contributed by atoms with Crippen molar-refractivity contribution in [2.75, 3.05) is 26.2 Å². The summed E-state index contributed by atoms with van der Waals surface area (Å²) in [6, 6.07) is 5.02. The minimum atomic E-state index is -0.696. The van der Waals surface area contributed by atoms with Gasteiger partial charge in [0.2, 0.25) is 11.8 Å². The lowest BCUT2D eigenvalue weighted by molar-refractivity contribution is -0.133. The number of amides is 3. The van der Waals surface area contributed by atoms with Gasteiger partial charge < -0.3 is 25.4 Å². The molecule has 0 saturated carbocycles. The summed E-state index contributed by atoms with van der Waals surface area (Å²) in [6.07, 6.45) is 0.760. The summed E-state index contributed by atoms with van der Waals surface area (Å²) in [7, 11) is 0. The van der Waals surface area contributed by atoms with Crippen molar-refractivity contribution in [2.45, 2.75) is 45.1 Å². The van der Waals surface area contributed by atoms with Gasteiger partial charge in [-0.3, -0.25) is 14.7 Å². The van der Waals surface area contributed by atoms with Crippen molar-refractivity contribution in [2.24, 2.45) is 0 Å². The molecule has 4 N–H and O–H groups in total. The van der Waals surface area contributed by atoms with Gasteiger partial charge in [0.25, 0.3) is 0 Å². The highest BCUT2D eigenvalue weighted by molar-refractivity contribution is 6.44. The van der Waals surface area contributed by atoms with E-state index in [9.17, 15) is 19.5 Å². The number of nitrogens with zero attached hydrogens (tertiary/aromatic N) is 2. The van der Waals surface area contributed by atoms with E-state index in [1.807, 2.05) is 6.07 Å². The first-order valence-electron chi connectivity index (χ1n) is 11.2. The van der Waals surface area contributed by atoms with E-state index in [1.54, 1.807) is 31.7 Å². The van der Waals surface area contributed by atoms with Crippen LogP contribution in [0.2, 0.25) is 10.0 Å². The second kappa shape index (κ2) is 11.2. The minimum Gasteiger partial charge on any atom is -0.506 e. The second-order valence-electron chi connectivity index (χ2n) is 9.26. The summed E-state index contributed by atoms with van der Waals surface area (Å²) in [4.78, 5) is 37.7. The Morgan fingerprint density at radius 3 is 2.49 bits per heavy atom. The first-order valence-corrected chi connectivity index (χ1v) is 11.9. The molecule has 1 saturated heterocycles. The Morgan fingerprint density at radius 2 is 1.83 bits per heavy atom. The lowest BCUT2D eigenvalue weighted by atomic mass is 9.93. The number of carbonyl (C=O) groups excluding carboxylic acids is 3. The third kappa shape index (κ3) is 7.25. The van der Waals surface area contributed by atoms with Crippen LogP contribution in [0.1, 0.15) is 45.2 Å². The lowest BCUT2D eigenvalue weighted by Crippen LogP contribution is -2.46. The van der Waals surface area contributed by atoms with Gasteiger partial charge in [0.05, 0.1) is 17.3 Å². The number of H-pyrrole nitrogens is 1. The first kappa shape index (κ1) is 26.6. The number of rotatable bonds is 6. The topological polar surface area (TPSA) is 137 Å². The van der Waals surface area contributed by atoms with E-state index in [0.717, 1.165) is 18.5 Å². The second-order valence-corrected chi connectivity index (χ2v) is 10.0. The van der Waals surface area contributed by atoms with Crippen molar-refractivity contribution in [3.8, 4) is 17.0 Å². The monoisotopic (exact) mass is 525 g/mol. The van der Waals surface area contributed by atoms with Crippen LogP contribution < -0.4 is 10.6 Å². The number of hydrogen-bond donors (Lipinski definition) is 4. The van der Waals surface area contributed by atoms with Gasteiger partial charge >= 0.3 is 6.09 Å². The molecule has 10 nitrogen and oxygen atoms in total. The smallest absolute Gasteiger partial charge is 0.408 e. The van der Waals surface area contributed by atoms with Crippen LogP contribution in [0.25, 0.3) is 11.3 Å². The van der Waals surface area contributed by atoms with Gasteiger partial charge in [0, 0.05) is 30.3 Å². The van der Waals surface area contributed by atoms with Crippen LogP contribution in [0.3, 0.4) is 0 Å². The van der Waals surface area contributed by atoms with E-state index in [2.05, 4.69) is 20.8 Å². The number of benzene rings is 1. The number of aromatic nitrogens is 2. The number of piperidine rings is 1. The third-order valence-corrected chi connectivity index (χ3v) is 6.32. The summed E-state index contributed by atoms with van der Waals surface area (Å²) < 4.78 is 5.06. The Kier molecular flexibility index (Phi) is 8.50. The molecule has 0 unspecified atom stereocenters. The number of carbonyl (C=O) groups is 3. The average molecular weight is 526 g/mol. The van der Waals surface area contributed by atoms with E-state index >= 15 is 0 Å². The van der Waals surface area contributed by atoms with E-state index < -0.39 is 17.6 Å². The van der Waals surface area contributed by atoms with Crippen LogP contribution >= 0.6 is 23.2 Å². The zero-order chi connectivity index (χ0) is 25.8. The number of likely N-dealkylation sites (tertiary alicyclic amines) is 1. The van der Waals surface area contributed by atoms with Gasteiger partial charge in [-0.2, -0.15) is 5.10 Å². The number of ether oxygens (including phenoxy) is 1. The summed E-state index contributed by atoms with van der Waals surface area (Å²) in [5.74, 6) is -0.579. The van der Waals surface area contributed by atoms with Gasteiger partial charge in [-0.15, -0.1) is 0 Å². The maximum atomic E-state index is 12.5. The molecular formula is C23H29Cl2N5O5. The fraction of sp³-hybridized carbons (Fsp3) is 0.478. The van der Waals surface area contributed by atoms with Crippen LogP contribution in [0.4, 0.5) is 4.79 Å². The number of aromatic hydroxyl groups is 1. The third-order valence-electron chi connectivity index (χ3n) is 5.45. The molecule has 3 rings (SSSR count). The summed E-state index contributed by atoms with van der Waals surface area (Å²) in [5, 5.41) is 22.2. The highest BCUT2D eigenvalue weighted by Crippen LogP contribution is 2.39. The highest BCUT2D eigenvalue weighted by atomic mass is 35.5. The van der Waals surface area contributed by atoms with Crippen LogP contribution in [0.5, 0.6) is 5.75 Å². The molecular weight excluding hydrogens is 497 g/mol. The number of aromatic amines is 1. The average Bonchev–Trinajstić information content (AvgIpc) is 3.28. The van der Waals surface area contributed by atoms with Crippen molar-refractivity contribution in [1.29, 1.82) is 0 Å². The van der Waals surface area contributed by atoms with Crippen LogP contribution in [-0.2, 0) is 14.3 Å². The minimum absolute atomic E-state index is 0.0771. The molecule has 1 fully saturated rings. The zero-order valence-corrected chi connectivity index (χ0v) is 21.3. The molecule has 1 aliphatic heterocycles. The molecule has 0 atom stereocenters. The van der Waals surface area contributed by atoms with Gasteiger partial charge in [-0.05, 0) is 51.8 Å². The Hall–Kier alpha value is -2.98. The number of hydrogen-bond acceptors (Lipinski definition) is 6. The number of phenolic OH excluding ortho intramolecular Hbond substituents is 1. The van der Waals surface area contributed by atoms with Crippen molar-refractivity contribution in [3.05, 3.63) is 33.9 Å². The normalized spacial score (nSPS) is 14.5. The molecule has 0 aliphatic carbocycles. The van der Waals surface area contributed by atoms with E-state index in [0.29, 0.717) is 24.3 Å². The van der Waals surface area contributed by atoms with Crippen molar-refractivity contribution in [3.63, 3.8) is 0 Å².